The van der Waals surface area contributed by atoms with E-state index < -0.39 is 60.3 Å². The van der Waals surface area contributed by atoms with Crippen molar-refractivity contribution in [2.75, 3.05) is 32.7 Å². The molecular weight excluding hydrogens is 723 g/mol. The van der Waals surface area contributed by atoms with Gasteiger partial charge in [0.2, 0.25) is 5.91 Å². The van der Waals surface area contributed by atoms with E-state index in [1.54, 1.807) is 7.11 Å². The number of carbonyl (C=O) groups excluding carboxylic acids is 1. The number of rotatable bonds is 26. The first kappa shape index (κ1) is 47.0. The second-order valence-electron chi connectivity index (χ2n) is 17.0. The quantitative estimate of drug-likeness (QED) is 0.0724. The Morgan fingerprint density at radius 1 is 0.907 bits per heavy atom. The Balaban J connectivity index is 1.53. The lowest BCUT2D eigenvalue weighted by Crippen LogP contribution is -2.70. The van der Waals surface area contributed by atoms with Crippen molar-refractivity contribution >= 4 is 24.1 Å². The molecule has 7 atom stereocenters. The maximum Gasteiger partial charge on any atom is 0.217 e. The minimum Gasteiger partial charge on any atom is -0.409 e. The van der Waals surface area contributed by atoms with Gasteiger partial charge in [-0.2, -0.15) is 0 Å². The molecular formula is C42H75NO9SSi. The topological polar surface area (TPSA) is 119 Å². The third-order valence-electron chi connectivity index (χ3n) is 11.4. The van der Waals surface area contributed by atoms with Gasteiger partial charge < -0.3 is 33.4 Å². The summed E-state index contributed by atoms with van der Waals surface area (Å²) in [5.41, 5.74) is -0.517. The molecule has 3 rings (SSSR count). The Labute approximate surface area is 329 Å². The fourth-order valence-electron chi connectivity index (χ4n) is 7.00. The van der Waals surface area contributed by atoms with E-state index in [4.69, 9.17) is 28.1 Å². The van der Waals surface area contributed by atoms with Crippen LogP contribution in [0, 0.1) is 0 Å². The van der Waals surface area contributed by atoms with Crippen LogP contribution >= 0.6 is 0 Å². The first-order valence-electron chi connectivity index (χ1n) is 20.9. The van der Waals surface area contributed by atoms with Crippen molar-refractivity contribution < 1.29 is 41.3 Å². The number of benzene rings is 1. The van der Waals surface area contributed by atoms with Crippen molar-refractivity contribution in [1.29, 1.82) is 0 Å². The molecule has 0 spiro atoms. The Kier molecular flexibility index (Phi) is 20.7. The maximum absolute atomic E-state index is 14.2. The van der Waals surface area contributed by atoms with Gasteiger partial charge in [0.1, 0.15) is 12.2 Å². The number of nitrogens with one attached hydrogen (secondary N) is 1. The number of sulfone groups is 1. The molecule has 0 radical (unpaired) electrons. The van der Waals surface area contributed by atoms with E-state index in [1.165, 1.54) is 84.0 Å². The molecule has 10 nitrogen and oxygen atoms in total. The van der Waals surface area contributed by atoms with E-state index in [9.17, 15) is 13.2 Å². The fourth-order valence-corrected chi connectivity index (χ4v) is 10.1. The van der Waals surface area contributed by atoms with Gasteiger partial charge in [0.25, 0.3) is 0 Å². The van der Waals surface area contributed by atoms with E-state index in [2.05, 4.69) is 46.1 Å². The van der Waals surface area contributed by atoms with Gasteiger partial charge in [0.05, 0.1) is 37.2 Å². The molecule has 1 unspecified atom stereocenters. The number of methoxy groups -OCH3 is 1. The van der Waals surface area contributed by atoms with Crippen molar-refractivity contribution in [1.82, 2.24) is 5.32 Å². The van der Waals surface area contributed by atoms with Crippen molar-refractivity contribution in [3.05, 3.63) is 35.9 Å². The number of amides is 1. The Morgan fingerprint density at radius 3 is 2.02 bits per heavy atom. The number of hydrogen-bond donors (Lipinski definition) is 1. The second-order valence-corrected chi connectivity index (χ2v) is 23.9. The van der Waals surface area contributed by atoms with E-state index in [0.717, 1.165) is 18.4 Å². The first-order chi connectivity index (χ1) is 25.7. The molecule has 54 heavy (non-hydrogen) atoms. The van der Waals surface area contributed by atoms with Gasteiger partial charge in [-0.3, -0.25) is 4.79 Å². The molecule has 2 saturated heterocycles. The smallest absolute Gasteiger partial charge is 0.217 e. The Morgan fingerprint density at radius 2 is 1.48 bits per heavy atom. The zero-order chi connectivity index (χ0) is 39.6. The van der Waals surface area contributed by atoms with E-state index in [0.29, 0.717) is 13.2 Å². The van der Waals surface area contributed by atoms with Crippen LogP contribution in [0.4, 0.5) is 0 Å². The highest BCUT2D eigenvalue weighted by Gasteiger charge is 2.56. The molecule has 0 saturated carbocycles. The van der Waals surface area contributed by atoms with Crippen LogP contribution in [0.5, 0.6) is 0 Å². The van der Waals surface area contributed by atoms with Gasteiger partial charge in [-0.15, -0.1) is 0 Å². The van der Waals surface area contributed by atoms with Crippen LogP contribution < -0.4 is 5.32 Å². The van der Waals surface area contributed by atoms with Crippen LogP contribution in [0.1, 0.15) is 143 Å². The van der Waals surface area contributed by atoms with Crippen molar-refractivity contribution in [2.45, 2.75) is 191 Å². The van der Waals surface area contributed by atoms with Crippen LogP contribution in [-0.4, -0.2) is 91.2 Å². The largest absolute Gasteiger partial charge is 0.409 e. The summed E-state index contributed by atoms with van der Waals surface area (Å²) in [7, 11) is -4.85. The van der Waals surface area contributed by atoms with Crippen LogP contribution in [0.15, 0.2) is 30.3 Å². The highest BCUT2D eigenvalue weighted by Crippen LogP contribution is 2.42. The molecule has 0 aliphatic carbocycles. The average molecular weight is 798 g/mol. The third kappa shape index (κ3) is 15.5. The zero-order valence-corrected chi connectivity index (χ0v) is 36.8. The van der Waals surface area contributed by atoms with Crippen molar-refractivity contribution in [2.24, 2.45) is 0 Å². The molecule has 1 N–H and O–H groups in total. The summed E-state index contributed by atoms with van der Waals surface area (Å²) < 4.78 is 65.9. The van der Waals surface area contributed by atoms with Crippen LogP contribution in [0.3, 0.4) is 0 Å². The summed E-state index contributed by atoms with van der Waals surface area (Å²) >= 11 is 0. The minimum absolute atomic E-state index is 0.119. The monoisotopic (exact) mass is 797 g/mol. The maximum atomic E-state index is 14.2. The molecule has 0 aromatic heterocycles. The highest BCUT2D eigenvalue weighted by atomic mass is 32.2. The Bertz CT molecular complexity index is 1290. The lowest BCUT2D eigenvalue weighted by Gasteiger charge is -2.52. The third-order valence-corrected chi connectivity index (χ3v) is 17.8. The molecule has 2 aliphatic heterocycles. The SMILES string of the molecule is CCCCCCCCCCCCCCCCOC[C@H](CCS(=O)(=O)[C@@H]1O[C@@H]2COC(c3ccccc3)O[C@H]2[C@H](O[Si](C)(C)C(C)(C)C)[C@H]1NC(C)=O)OC. The molecule has 2 heterocycles. The van der Waals surface area contributed by atoms with Gasteiger partial charge in [-0.05, 0) is 31.0 Å². The summed E-state index contributed by atoms with van der Waals surface area (Å²) in [6.07, 6.45) is 15.2. The molecule has 2 fully saturated rings. The molecule has 0 bridgehead atoms. The summed E-state index contributed by atoms with van der Waals surface area (Å²) in [5.74, 6) is -0.572. The predicted octanol–water partition coefficient (Wildman–Crippen LogP) is 9.04. The number of ether oxygens (including phenoxy) is 5. The second kappa shape index (κ2) is 23.8. The zero-order valence-electron chi connectivity index (χ0n) is 34.9. The van der Waals surface area contributed by atoms with Crippen LogP contribution in [-0.2, 0) is 42.7 Å². The number of hydrogen-bond acceptors (Lipinski definition) is 9. The van der Waals surface area contributed by atoms with E-state index in [1.807, 2.05) is 30.3 Å². The van der Waals surface area contributed by atoms with Crippen LogP contribution in [0.25, 0.3) is 0 Å². The standard InChI is InChI=1S/C42H75NO9SSi/c1-9-10-11-12-13-14-15-16-17-18-19-20-21-25-29-48-31-35(47-6)28-30-53(45,46)41-37(43-33(2)44)39(52-54(7,8)42(3,4)5)38-36(50-41)32-49-40(51-38)34-26-23-22-24-27-34/h22-24,26-27,35-41H,9-21,25,28-32H2,1-8H3,(H,43,44)/t35-,36+,37+,38+,39+,40?,41-/m0/s1. The van der Waals surface area contributed by atoms with Gasteiger partial charge >= 0.3 is 0 Å². The highest BCUT2D eigenvalue weighted by molar-refractivity contribution is 7.91. The van der Waals surface area contributed by atoms with Gasteiger partial charge in [-0.1, -0.05) is 141 Å². The Hall–Kier alpha value is -1.38. The number of fused-ring (bicyclic) bond motifs is 1. The first-order valence-corrected chi connectivity index (χ1v) is 25.6. The lowest BCUT2D eigenvalue weighted by molar-refractivity contribution is -0.305. The normalized spacial score (nSPS) is 24.2. The van der Waals surface area contributed by atoms with E-state index >= 15 is 0 Å². The van der Waals surface area contributed by atoms with Crippen LogP contribution in [0.2, 0.25) is 18.1 Å². The van der Waals surface area contributed by atoms with Gasteiger partial charge in [-0.25, -0.2) is 8.42 Å². The van der Waals surface area contributed by atoms with Crippen molar-refractivity contribution in [3.63, 3.8) is 0 Å². The summed E-state index contributed by atoms with van der Waals surface area (Å²) in [4.78, 5) is 12.7. The van der Waals surface area contributed by atoms with Gasteiger partial charge in [0, 0.05) is 26.2 Å². The van der Waals surface area contributed by atoms with Gasteiger partial charge in [0.15, 0.2) is 29.9 Å². The summed E-state index contributed by atoms with van der Waals surface area (Å²) in [6, 6.07) is 8.61. The average Bonchev–Trinajstić information content (AvgIpc) is 3.12. The number of unbranched alkanes of at least 4 members (excludes halogenated alkanes) is 13. The molecule has 2 aliphatic rings. The van der Waals surface area contributed by atoms with E-state index in [-0.39, 0.29) is 29.7 Å². The molecule has 1 amide bonds. The van der Waals surface area contributed by atoms with Crippen molar-refractivity contribution in [3.8, 4) is 0 Å². The molecule has 12 heteroatoms. The lowest BCUT2D eigenvalue weighted by atomic mass is 9.96. The predicted molar refractivity (Wildman–Crippen MR) is 219 cm³/mol. The fraction of sp³-hybridized carbons (Fsp3) is 0.833. The molecule has 1 aromatic carbocycles. The molecule has 312 valence electrons. The summed E-state index contributed by atoms with van der Waals surface area (Å²) in [5, 5.41) is 2.73. The summed E-state index contributed by atoms with van der Waals surface area (Å²) in [6.45, 7) is 15.3. The number of carbonyl (C=O) groups is 1. The molecule has 1 aromatic rings. The minimum atomic E-state index is -3.93.